The number of anilines is 2. The van der Waals surface area contributed by atoms with Crippen LogP contribution in [0.3, 0.4) is 0 Å². The molecule has 1 aliphatic heterocycles. The van der Waals surface area contributed by atoms with E-state index in [0.29, 0.717) is 5.69 Å². The fourth-order valence-electron chi connectivity index (χ4n) is 2.77. The zero-order valence-electron chi connectivity index (χ0n) is 11.9. The van der Waals surface area contributed by atoms with E-state index in [1.807, 2.05) is 31.2 Å². The fourth-order valence-corrected chi connectivity index (χ4v) is 2.77. The summed E-state index contributed by atoms with van der Waals surface area (Å²) in [4.78, 5) is 2.09. The minimum absolute atomic E-state index is 0.248. The molecule has 2 nitrogen and oxygen atoms in total. The van der Waals surface area contributed by atoms with Gasteiger partial charge in [0.1, 0.15) is 0 Å². The predicted octanol–water partition coefficient (Wildman–Crippen LogP) is 3.77. The molecule has 2 aromatic carbocycles. The predicted molar refractivity (Wildman–Crippen MR) is 81.0 cm³/mol. The average molecular weight is 288 g/mol. The molecule has 0 aromatic heterocycles. The number of aryl methyl sites for hydroxylation is 1. The molecule has 0 radical (unpaired) electrons. The normalized spacial score (nSPS) is 18.0. The molecule has 1 aliphatic rings. The second-order valence-corrected chi connectivity index (χ2v) is 5.45. The van der Waals surface area contributed by atoms with Gasteiger partial charge in [-0.1, -0.05) is 17.7 Å². The topological polar surface area (TPSA) is 15.3 Å². The van der Waals surface area contributed by atoms with Gasteiger partial charge in [0, 0.05) is 30.0 Å². The van der Waals surface area contributed by atoms with Crippen molar-refractivity contribution in [3.63, 3.8) is 0 Å². The average Bonchev–Trinajstić information content (AvgIpc) is 2.99. The Morgan fingerprint density at radius 1 is 1.00 bits per heavy atom. The highest BCUT2D eigenvalue weighted by Gasteiger charge is 2.24. The maximum Gasteiger partial charge on any atom is 0.160 e. The lowest BCUT2D eigenvalue weighted by Crippen LogP contribution is -2.33. The van der Waals surface area contributed by atoms with Gasteiger partial charge >= 0.3 is 0 Å². The summed E-state index contributed by atoms with van der Waals surface area (Å²) in [6.07, 6.45) is 0.979. The molecule has 1 heterocycles. The van der Waals surface area contributed by atoms with Crippen molar-refractivity contribution in [2.24, 2.45) is 0 Å². The molecule has 2 aromatic rings. The van der Waals surface area contributed by atoms with E-state index in [2.05, 4.69) is 10.2 Å². The zero-order chi connectivity index (χ0) is 14.8. The molecule has 1 atom stereocenters. The first-order chi connectivity index (χ1) is 10.1. The monoisotopic (exact) mass is 288 g/mol. The molecule has 1 N–H and O–H groups in total. The van der Waals surface area contributed by atoms with Gasteiger partial charge in [-0.2, -0.15) is 0 Å². The van der Waals surface area contributed by atoms with Crippen LogP contribution in [0.5, 0.6) is 0 Å². The molecule has 110 valence electrons. The van der Waals surface area contributed by atoms with Crippen molar-refractivity contribution in [3.8, 4) is 0 Å². The first-order valence-electron chi connectivity index (χ1n) is 7.17. The highest BCUT2D eigenvalue weighted by atomic mass is 19.2. The lowest BCUT2D eigenvalue weighted by Gasteiger charge is -2.31. The number of hydrogen-bond donors (Lipinski definition) is 1. The summed E-state index contributed by atoms with van der Waals surface area (Å²) in [6, 6.07) is 12.5. The number of rotatable bonds is 3. The molecular weight excluding hydrogens is 270 g/mol. The Morgan fingerprint density at radius 2 is 1.71 bits per heavy atom. The Morgan fingerprint density at radius 3 is 2.33 bits per heavy atom. The Kier molecular flexibility index (Phi) is 3.88. The van der Waals surface area contributed by atoms with Gasteiger partial charge in [0.25, 0.3) is 0 Å². The van der Waals surface area contributed by atoms with Crippen LogP contribution in [0.4, 0.5) is 20.2 Å². The molecule has 0 aliphatic carbocycles. The highest BCUT2D eigenvalue weighted by Crippen LogP contribution is 2.31. The van der Waals surface area contributed by atoms with Gasteiger partial charge in [-0.05, 0) is 44.2 Å². The van der Waals surface area contributed by atoms with Gasteiger partial charge in [0.05, 0.1) is 0 Å². The summed E-state index contributed by atoms with van der Waals surface area (Å²) in [5.41, 5.74) is 2.86. The van der Waals surface area contributed by atoms with E-state index in [-0.39, 0.29) is 6.04 Å². The van der Waals surface area contributed by atoms with Crippen LogP contribution in [0, 0.1) is 18.6 Å². The largest absolute Gasteiger partial charge is 0.337 e. The van der Waals surface area contributed by atoms with Gasteiger partial charge in [-0.15, -0.1) is 0 Å². The van der Waals surface area contributed by atoms with Crippen LogP contribution in [-0.2, 0) is 0 Å². The van der Waals surface area contributed by atoms with E-state index < -0.39 is 11.6 Å². The van der Waals surface area contributed by atoms with Crippen LogP contribution in [0.25, 0.3) is 0 Å². The fraction of sp³-hybridized carbons (Fsp3) is 0.294. The van der Waals surface area contributed by atoms with Gasteiger partial charge in [0.15, 0.2) is 11.6 Å². The summed E-state index contributed by atoms with van der Waals surface area (Å²) < 4.78 is 26.8. The van der Waals surface area contributed by atoms with E-state index in [9.17, 15) is 8.78 Å². The second-order valence-electron chi connectivity index (χ2n) is 5.45. The Bertz CT molecular complexity index is 619. The van der Waals surface area contributed by atoms with E-state index in [1.54, 1.807) is 6.07 Å². The number of nitrogens with zero attached hydrogens (tertiary/aromatic N) is 1. The van der Waals surface area contributed by atoms with E-state index >= 15 is 0 Å². The molecule has 0 bridgehead atoms. The standard InChI is InChI=1S/C17H18F2N2/c1-12-2-4-13(5-3-12)21(15-8-9-20-11-15)14-6-7-16(18)17(19)10-14/h2-7,10,15,20H,8-9,11H2,1H3/t15-/m0/s1. The molecule has 0 spiro atoms. The molecule has 0 amide bonds. The molecule has 3 rings (SSSR count). The van der Waals surface area contributed by atoms with Crippen molar-refractivity contribution in [1.29, 1.82) is 0 Å². The first kappa shape index (κ1) is 14.0. The molecule has 1 fully saturated rings. The van der Waals surface area contributed by atoms with Gasteiger partial charge < -0.3 is 10.2 Å². The molecule has 0 saturated carbocycles. The highest BCUT2D eigenvalue weighted by molar-refractivity contribution is 5.64. The van der Waals surface area contributed by atoms with Crippen LogP contribution in [-0.4, -0.2) is 19.1 Å². The molecule has 0 unspecified atom stereocenters. The van der Waals surface area contributed by atoms with E-state index in [0.717, 1.165) is 25.2 Å². The number of nitrogens with one attached hydrogen (secondary N) is 1. The summed E-state index contributed by atoms with van der Waals surface area (Å²) in [6.45, 7) is 3.81. The lowest BCUT2D eigenvalue weighted by atomic mass is 10.1. The van der Waals surface area contributed by atoms with Crippen molar-refractivity contribution in [1.82, 2.24) is 5.32 Å². The lowest BCUT2D eigenvalue weighted by molar-refractivity contribution is 0.508. The zero-order valence-corrected chi connectivity index (χ0v) is 11.9. The molecule has 21 heavy (non-hydrogen) atoms. The van der Waals surface area contributed by atoms with E-state index in [4.69, 9.17) is 0 Å². The maximum absolute atomic E-state index is 13.6. The number of hydrogen-bond acceptors (Lipinski definition) is 2. The van der Waals surface area contributed by atoms with Crippen molar-refractivity contribution >= 4 is 11.4 Å². The molecular formula is C17H18F2N2. The Hall–Kier alpha value is -1.94. The third-order valence-corrected chi connectivity index (χ3v) is 3.89. The number of halogens is 2. The Labute approximate surface area is 123 Å². The van der Waals surface area contributed by atoms with Crippen molar-refractivity contribution in [2.45, 2.75) is 19.4 Å². The second kappa shape index (κ2) is 5.82. The maximum atomic E-state index is 13.6. The Balaban J connectivity index is 2.02. The summed E-state index contributed by atoms with van der Waals surface area (Å²) in [7, 11) is 0. The minimum atomic E-state index is -0.813. The van der Waals surface area contributed by atoms with Crippen LogP contribution in [0.1, 0.15) is 12.0 Å². The SMILES string of the molecule is Cc1ccc(N(c2ccc(F)c(F)c2)[C@H]2CCNC2)cc1. The van der Waals surface area contributed by atoms with Crippen LogP contribution < -0.4 is 10.2 Å². The van der Waals surface area contributed by atoms with Gasteiger partial charge in [0.2, 0.25) is 0 Å². The van der Waals surface area contributed by atoms with Gasteiger partial charge in [-0.25, -0.2) is 8.78 Å². The smallest absolute Gasteiger partial charge is 0.160 e. The van der Waals surface area contributed by atoms with Crippen LogP contribution in [0.2, 0.25) is 0 Å². The summed E-state index contributed by atoms with van der Waals surface area (Å²) in [5, 5.41) is 3.32. The van der Waals surface area contributed by atoms with E-state index in [1.165, 1.54) is 17.7 Å². The third-order valence-electron chi connectivity index (χ3n) is 3.89. The molecule has 1 saturated heterocycles. The van der Waals surface area contributed by atoms with Crippen LogP contribution in [0.15, 0.2) is 42.5 Å². The summed E-state index contributed by atoms with van der Waals surface area (Å²) >= 11 is 0. The van der Waals surface area contributed by atoms with Crippen molar-refractivity contribution in [2.75, 3.05) is 18.0 Å². The molecule has 4 heteroatoms. The number of benzene rings is 2. The third kappa shape index (κ3) is 2.90. The summed E-state index contributed by atoms with van der Waals surface area (Å²) in [5.74, 6) is -1.62. The van der Waals surface area contributed by atoms with Gasteiger partial charge in [-0.3, -0.25) is 0 Å². The van der Waals surface area contributed by atoms with Crippen LogP contribution >= 0.6 is 0 Å². The quantitative estimate of drug-likeness (QED) is 0.925. The minimum Gasteiger partial charge on any atom is -0.337 e. The van der Waals surface area contributed by atoms with Crippen molar-refractivity contribution < 1.29 is 8.78 Å². The van der Waals surface area contributed by atoms with Crippen molar-refractivity contribution in [3.05, 3.63) is 59.7 Å². The first-order valence-corrected chi connectivity index (χ1v) is 7.17.